The molecular weight excluding hydrogens is 176 g/mol. The Hall–Kier alpha value is -1.31. The number of nitrogens with zero attached hydrogens (tertiary/aromatic N) is 2. The van der Waals surface area contributed by atoms with Crippen LogP contribution in [0.1, 0.15) is 30.1 Å². The van der Waals surface area contributed by atoms with Gasteiger partial charge in [-0.15, -0.1) is 12.3 Å². The molecular formula is C10H16N4. The molecule has 1 aromatic rings. The van der Waals surface area contributed by atoms with Crippen molar-refractivity contribution < 1.29 is 0 Å². The Morgan fingerprint density at radius 3 is 2.93 bits per heavy atom. The second kappa shape index (κ2) is 4.80. The Balaban J connectivity index is 2.79. The highest BCUT2D eigenvalue weighted by atomic mass is 15.3. The van der Waals surface area contributed by atoms with Gasteiger partial charge in [0.1, 0.15) is 0 Å². The van der Waals surface area contributed by atoms with Crippen molar-refractivity contribution in [2.45, 2.75) is 25.8 Å². The first-order chi connectivity index (χ1) is 6.70. The quantitative estimate of drug-likeness (QED) is 0.418. The zero-order valence-electron chi connectivity index (χ0n) is 8.62. The van der Waals surface area contributed by atoms with Gasteiger partial charge in [0, 0.05) is 24.7 Å². The second-order valence-corrected chi connectivity index (χ2v) is 3.27. The van der Waals surface area contributed by atoms with Gasteiger partial charge in [-0.05, 0) is 13.3 Å². The first-order valence-corrected chi connectivity index (χ1v) is 4.58. The van der Waals surface area contributed by atoms with E-state index in [9.17, 15) is 0 Å². The number of hydrogen-bond acceptors (Lipinski definition) is 3. The van der Waals surface area contributed by atoms with Crippen LogP contribution in [-0.2, 0) is 7.05 Å². The average Bonchev–Trinajstić information content (AvgIpc) is 2.51. The molecule has 76 valence electrons. The summed E-state index contributed by atoms with van der Waals surface area (Å²) in [4.78, 5) is 0. The van der Waals surface area contributed by atoms with E-state index in [4.69, 9.17) is 12.3 Å². The molecule has 3 N–H and O–H groups in total. The molecule has 0 amide bonds. The monoisotopic (exact) mass is 192 g/mol. The molecule has 14 heavy (non-hydrogen) atoms. The lowest BCUT2D eigenvalue weighted by Gasteiger charge is -2.13. The number of hydrazine groups is 1. The Bertz CT molecular complexity index is 334. The Labute approximate surface area is 84.5 Å². The molecule has 0 saturated carbocycles. The van der Waals surface area contributed by atoms with E-state index in [1.165, 1.54) is 0 Å². The van der Waals surface area contributed by atoms with Gasteiger partial charge in [0.15, 0.2) is 0 Å². The highest BCUT2D eigenvalue weighted by molar-refractivity contribution is 5.20. The van der Waals surface area contributed by atoms with Gasteiger partial charge in [-0.3, -0.25) is 16.0 Å². The summed E-state index contributed by atoms with van der Waals surface area (Å²) in [7, 11) is 1.91. The Morgan fingerprint density at radius 2 is 2.50 bits per heavy atom. The summed E-state index contributed by atoms with van der Waals surface area (Å²) >= 11 is 0. The Kier molecular flexibility index (Phi) is 3.69. The van der Waals surface area contributed by atoms with Crippen molar-refractivity contribution in [3.05, 3.63) is 17.5 Å². The van der Waals surface area contributed by atoms with Crippen LogP contribution in [0.15, 0.2) is 6.20 Å². The number of rotatable bonds is 4. The average molecular weight is 192 g/mol. The highest BCUT2D eigenvalue weighted by Gasteiger charge is 2.14. The lowest BCUT2D eigenvalue weighted by molar-refractivity contribution is 0.520. The largest absolute Gasteiger partial charge is 0.273 e. The van der Waals surface area contributed by atoms with Crippen LogP contribution < -0.4 is 11.3 Å². The molecule has 0 aromatic carbocycles. The van der Waals surface area contributed by atoms with Crippen LogP contribution in [0.3, 0.4) is 0 Å². The van der Waals surface area contributed by atoms with Gasteiger partial charge in [-0.1, -0.05) is 0 Å². The maximum atomic E-state index is 5.47. The van der Waals surface area contributed by atoms with Crippen LogP contribution >= 0.6 is 0 Å². The smallest absolute Gasteiger partial charge is 0.0540 e. The van der Waals surface area contributed by atoms with Crippen LogP contribution in [0.4, 0.5) is 0 Å². The van der Waals surface area contributed by atoms with Gasteiger partial charge in [0.25, 0.3) is 0 Å². The topological polar surface area (TPSA) is 55.9 Å². The van der Waals surface area contributed by atoms with Gasteiger partial charge in [-0.2, -0.15) is 5.10 Å². The molecule has 0 aliphatic heterocycles. The van der Waals surface area contributed by atoms with Crippen molar-refractivity contribution in [3.8, 4) is 12.3 Å². The van der Waals surface area contributed by atoms with Gasteiger partial charge in [0.2, 0.25) is 0 Å². The van der Waals surface area contributed by atoms with Crippen LogP contribution in [0.2, 0.25) is 0 Å². The third kappa shape index (κ3) is 2.13. The number of nitrogens with one attached hydrogen (secondary N) is 1. The summed E-state index contributed by atoms with van der Waals surface area (Å²) in [5.74, 6) is 8.07. The van der Waals surface area contributed by atoms with Crippen molar-refractivity contribution in [2.24, 2.45) is 12.9 Å². The molecule has 0 aliphatic rings. The predicted molar refractivity (Wildman–Crippen MR) is 56.1 cm³/mol. The van der Waals surface area contributed by atoms with E-state index in [0.717, 1.165) is 17.7 Å². The second-order valence-electron chi connectivity index (χ2n) is 3.27. The SMILES string of the molecule is C#CCCC(NN)c1cnn(C)c1C. The van der Waals surface area contributed by atoms with Gasteiger partial charge in [-0.25, -0.2) is 0 Å². The van der Waals surface area contributed by atoms with E-state index in [0.29, 0.717) is 6.42 Å². The van der Waals surface area contributed by atoms with Crippen molar-refractivity contribution in [1.29, 1.82) is 0 Å². The molecule has 0 fully saturated rings. The van der Waals surface area contributed by atoms with Crippen molar-refractivity contribution >= 4 is 0 Å². The minimum Gasteiger partial charge on any atom is -0.273 e. The summed E-state index contributed by atoms with van der Waals surface area (Å²) in [5.41, 5.74) is 4.99. The maximum Gasteiger partial charge on any atom is 0.0540 e. The molecule has 0 spiro atoms. The van der Waals surface area contributed by atoms with E-state index >= 15 is 0 Å². The summed E-state index contributed by atoms with van der Waals surface area (Å²) < 4.78 is 1.83. The predicted octanol–water partition coefficient (Wildman–Crippen LogP) is 0.646. The molecule has 0 aliphatic carbocycles. The third-order valence-electron chi connectivity index (χ3n) is 2.43. The molecule has 1 aromatic heterocycles. The summed E-state index contributed by atoms with van der Waals surface area (Å²) in [6, 6.07) is 0.0970. The van der Waals surface area contributed by atoms with Crippen LogP contribution in [0.5, 0.6) is 0 Å². The minimum atomic E-state index is 0.0970. The molecule has 4 heteroatoms. The van der Waals surface area contributed by atoms with E-state index in [-0.39, 0.29) is 6.04 Å². The number of terminal acetylenes is 1. The zero-order chi connectivity index (χ0) is 10.6. The first-order valence-electron chi connectivity index (χ1n) is 4.58. The molecule has 0 radical (unpaired) electrons. The molecule has 4 nitrogen and oxygen atoms in total. The summed E-state index contributed by atoms with van der Waals surface area (Å²) in [6.07, 6.45) is 8.59. The molecule has 0 saturated heterocycles. The number of aromatic nitrogens is 2. The molecule has 1 heterocycles. The first kappa shape index (κ1) is 10.8. The van der Waals surface area contributed by atoms with Crippen molar-refractivity contribution in [2.75, 3.05) is 0 Å². The fraction of sp³-hybridized carbons (Fsp3) is 0.500. The summed E-state index contributed by atoms with van der Waals surface area (Å²) in [6.45, 7) is 2.02. The lowest BCUT2D eigenvalue weighted by atomic mass is 10.0. The number of nitrogens with two attached hydrogens (primary N) is 1. The van der Waals surface area contributed by atoms with Crippen LogP contribution in [0, 0.1) is 19.3 Å². The fourth-order valence-corrected chi connectivity index (χ4v) is 1.41. The normalized spacial score (nSPS) is 12.4. The van der Waals surface area contributed by atoms with Crippen molar-refractivity contribution in [1.82, 2.24) is 15.2 Å². The van der Waals surface area contributed by atoms with Crippen molar-refractivity contribution in [3.63, 3.8) is 0 Å². The number of hydrogen-bond donors (Lipinski definition) is 2. The van der Waals surface area contributed by atoms with Gasteiger partial charge >= 0.3 is 0 Å². The van der Waals surface area contributed by atoms with Gasteiger partial charge < -0.3 is 0 Å². The van der Waals surface area contributed by atoms with Gasteiger partial charge in [0.05, 0.1) is 12.2 Å². The van der Waals surface area contributed by atoms with E-state index in [1.54, 1.807) is 0 Å². The zero-order valence-corrected chi connectivity index (χ0v) is 8.62. The maximum absolute atomic E-state index is 5.47. The molecule has 1 rings (SSSR count). The van der Waals surface area contributed by atoms with E-state index in [2.05, 4.69) is 16.4 Å². The molecule has 1 unspecified atom stereocenters. The molecule has 0 bridgehead atoms. The minimum absolute atomic E-state index is 0.0970. The highest BCUT2D eigenvalue weighted by Crippen LogP contribution is 2.20. The molecule has 1 atom stereocenters. The lowest BCUT2D eigenvalue weighted by Crippen LogP contribution is -2.28. The summed E-state index contributed by atoms with van der Waals surface area (Å²) in [5, 5.41) is 4.16. The third-order valence-corrected chi connectivity index (χ3v) is 2.43. The van der Waals surface area contributed by atoms with Crippen LogP contribution in [0.25, 0.3) is 0 Å². The fourth-order valence-electron chi connectivity index (χ4n) is 1.41. The van der Waals surface area contributed by atoms with E-state index < -0.39 is 0 Å². The standard InChI is InChI=1S/C10H16N4/c1-4-5-6-10(13-11)9-7-12-14(3)8(9)2/h1,7,10,13H,5-6,11H2,2-3H3. The van der Waals surface area contributed by atoms with E-state index in [1.807, 2.05) is 24.9 Å². The van der Waals surface area contributed by atoms with Crippen LogP contribution in [-0.4, -0.2) is 9.78 Å². The number of aryl methyl sites for hydroxylation is 1. The Morgan fingerprint density at radius 1 is 1.79 bits per heavy atom.